The van der Waals surface area contributed by atoms with Crippen molar-refractivity contribution >= 4 is 17.6 Å². The number of halogens is 4. The smallest absolute Gasteiger partial charge is 0.422 e. The minimum Gasteiger partial charge on any atom is -0.482 e. The maximum absolute atomic E-state index is 13.3. The molecule has 10 heteroatoms. The lowest BCUT2D eigenvalue weighted by Crippen LogP contribution is -2.20. The number of esters is 2. The molecule has 0 fully saturated rings. The van der Waals surface area contributed by atoms with Gasteiger partial charge in [0.1, 0.15) is 17.3 Å². The fraction of sp³-hybridized carbons (Fsp3) is 0.286. The quantitative estimate of drug-likeness (QED) is 0.482. The molecular weight excluding hydrogens is 338 g/mol. The van der Waals surface area contributed by atoms with Crippen LogP contribution in [0, 0.1) is 5.82 Å². The highest BCUT2D eigenvalue weighted by Crippen LogP contribution is 2.28. The van der Waals surface area contributed by atoms with Gasteiger partial charge in [-0.3, -0.25) is 0 Å². The van der Waals surface area contributed by atoms with Gasteiger partial charge in [-0.25, -0.2) is 14.0 Å². The van der Waals surface area contributed by atoms with Crippen molar-refractivity contribution in [1.29, 1.82) is 0 Å². The van der Waals surface area contributed by atoms with Crippen LogP contribution in [0.15, 0.2) is 30.0 Å². The number of benzene rings is 1. The first-order valence-electron chi connectivity index (χ1n) is 6.30. The summed E-state index contributed by atoms with van der Waals surface area (Å²) in [5.41, 5.74) is -0.786. The Morgan fingerprint density at radius 1 is 1.21 bits per heavy atom. The fourth-order valence-electron chi connectivity index (χ4n) is 1.46. The van der Waals surface area contributed by atoms with E-state index in [1.165, 1.54) is 0 Å². The monoisotopic (exact) mass is 351 g/mol. The van der Waals surface area contributed by atoms with Crippen LogP contribution in [0.25, 0.3) is 0 Å². The topological polar surface area (TPSA) is 73.9 Å². The SMILES string of the molecule is COC(=O)/C=C(/Nc1cc(F)ccc1OCC(F)(F)F)C(=O)OC. The van der Waals surface area contributed by atoms with E-state index in [9.17, 15) is 27.2 Å². The number of nitrogens with one attached hydrogen (secondary N) is 1. The van der Waals surface area contributed by atoms with E-state index in [1.807, 2.05) is 0 Å². The summed E-state index contributed by atoms with van der Waals surface area (Å²) in [5.74, 6) is -3.14. The number of ether oxygens (including phenoxy) is 3. The summed E-state index contributed by atoms with van der Waals surface area (Å²) in [6.45, 7) is -1.62. The van der Waals surface area contributed by atoms with Crippen LogP contribution in [0.3, 0.4) is 0 Å². The summed E-state index contributed by atoms with van der Waals surface area (Å²) >= 11 is 0. The summed E-state index contributed by atoms with van der Waals surface area (Å²) < 4.78 is 63.4. The molecule has 0 atom stereocenters. The second-order valence-electron chi connectivity index (χ2n) is 4.24. The van der Waals surface area contributed by atoms with Crippen molar-refractivity contribution < 1.29 is 41.4 Å². The molecule has 1 aromatic carbocycles. The normalized spacial score (nSPS) is 11.7. The number of hydrogen-bond donors (Lipinski definition) is 1. The molecule has 0 aliphatic carbocycles. The fourth-order valence-corrected chi connectivity index (χ4v) is 1.46. The van der Waals surface area contributed by atoms with Crippen LogP contribution in [0.2, 0.25) is 0 Å². The summed E-state index contributed by atoms with van der Waals surface area (Å²) in [4.78, 5) is 22.8. The number of carbonyl (C=O) groups excluding carboxylic acids is 2. The second-order valence-corrected chi connectivity index (χ2v) is 4.24. The number of alkyl halides is 3. The predicted molar refractivity (Wildman–Crippen MR) is 73.7 cm³/mol. The predicted octanol–water partition coefficient (Wildman–Crippen LogP) is 2.41. The van der Waals surface area contributed by atoms with Gasteiger partial charge in [-0.1, -0.05) is 0 Å². The lowest BCUT2D eigenvalue weighted by molar-refractivity contribution is -0.153. The van der Waals surface area contributed by atoms with Gasteiger partial charge in [0.25, 0.3) is 0 Å². The van der Waals surface area contributed by atoms with E-state index in [1.54, 1.807) is 0 Å². The Bertz CT molecular complexity index is 643. The van der Waals surface area contributed by atoms with E-state index in [2.05, 4.69) is 19.5 Å². The highest BCUT2D eigenvalue weighted by Gasteiger charge is 2.29. The molecule has 0 radical (unpaired) electrons. The van der Waals surface area contributed by atoms with Gasteiger partial charge in [-0.15, -0.1) is 0 Å². The van der Waals surface area contributed by atoms with E-state index in [-0.39, 0.29) is 11.4 Å². The van der Waals surface area contributed by atoms with Crippen LogP contribution < -0.4 is 10.1 Å². The molecule has 0 saturated carbocycles. The Morgan fingerprint density at radius 2 is 1.88 bits per heavy atom. The lowest BCUT2D eigenvalue weighted by atomic mass is 10.2. The van der Waals surface area contributed by atoms with Gasteiger partial charge < -0.3 is 19.5 Å². The number of methoxy groups -OCH3 is 2. The zero-order valence-electron chi connectivity index (χ0n) is 12.6. The van der Waals surface area contributed by atoms with Crippen LogP contribution in [-0.4, -0.2) is 38.9 Å². The van der Waals surface area contributed by atoms with E-state index >= 15 is 0 Å². The first kappa shape index (κ1) is 19.3. The maximum Gasteiger partial charge on any atom is 0.422 e. The first-order chi connectivity index (χ1) is 11.2. The standard InChI is InChI=1S/C14H13F4NO5/c1-22-12(20)6-10(13(21)23-2)19-9-5-8(15)3-4-11(9)24-7-14(16,17)18/h3-6,19H,7H2,1-2H3/b10-6+. The molecule has 6 nitrogen and oxygen atoms in total. The highest BCUT2D eigenvalue weighted by molar-refractivity contribution is 5.99. The molecule has 1 N–H and O–H groups in total. The van der Waals surface area contributed by atoms with E-state index in [0.717, 1.165) is 32.4 Å². The van der Waals surface area contributed by atoms with Gasteiger partial charge in [0.05, 0.1) is 26.0 Å². The molecule has 0 aromatic heterocycles. The Morgan fingerprint density at radius 3 is 2.42 bits per heavy atom. The third-order valence-corrected chi connectivity index (χ3v) is 2.47. The minimum atomic E-state index is -4.61. The molecular formula is C14H13F4NO5. The minimum absolute atomic E-state index is 0.306. The van der Waals surface area contributed by atoms with Crippen molar-refractivity contribution in [1.82, 2.24) is 0 Å². The Hall–Kier alpha value is -2.78. The van der Waals surface area contributed by atoms with Crippen molar-refractivity contribution in [3.63, 3.8) is 0 Å². The molecule has 0 heterocycles. The summed E-state index contributed by atoms with van der Waals surface area (Å²) in [7, 11) is 2.07. The number of rotatable bonds is 6. The molecule has 0 aliphatic rings. The molecule has 24 heavy (non-hydrogen) atoms. The molecule has 0 spiro atoms. The van der Waals surface area contributed by atoms with Gasteiger partial charge in [0.2, 0.25) is 0 Å². The molecule has 1 rings (SSSR count). The van der Waals surface area contributed by atoms with E-state index in [0.29, 0.717) is 6.08 Å². The van der Waals surface area contributed by atoms with Crippen molar-refractivity contribution in [2.75, 3.05) is 26.1 Å². The van der Waals surface area contributed by atoms with Crippen LogP contribution >= 0.6 is 0 Å². The molecule has 0 amide bonds. The highest BCUT2D eigenvalue weighted by atomic mass is 19.4. The van der Waals surface area contributed by atoms with Crippen molar-refractivity contribution in [2.45, 2.75) is 6.18 Å². The van der Waals surface area contributed by atoms with Crippen LogP contribution in [0.4, 0.5) is 23.2 Å². The number of anilines is 1. The molecule has 132 valence electrons. The van der Waals surface area contributed by atoms with E-state index < -0.39 is 36.2 Å². The van der Waals surface area contributed by atoms with Gasteiger partial charge in [-0.05, 0) is 12.1 Å². The Balaban J connectivity index is 3.13. The van der Waals surface area contributed by atoms with Crippen molar-refractivity contribution in [2.24, 2.45) is 0 Å². The third-order valence-electron chi connectivity index (χ3n) is 2.47. The Labute approximate surface area is 134 Å². The van der Waals surface area contributed by atoms with Gasteiger partial charge in [-0.2, -0.15) is 13.2 Å². The van der Waals surface area contributed by atoms with Crippen LogP contribution in [0.5, 0.6) is 5.75 Å². The summed E-state index contributed by atoms with van der Waals surface area (Å²) in [5, 5.41) is 2.29. The van der Waals surface area contributed by atoms with Gasteiger partial charge in [0.15, 0.2) is 6.61 Å². The molecule has 0 bridgehead atoms. The van der Waals surface area contributed by atoms with Gasteiger partial charge >= 0.3 is 18.1 Å². The van der Waals surface area contributed by atoms with Gasteiger partial charge in [0, 0.05) is 6.07 Å². The van der Waals surface area contributed by atoms with Crippen LogP contribution in [0.1, 0.15) is 0 Å². The average Bonchev–Trinajstić information content (AvgIpc) is 2.51. The van der Waals surface area contributed by atoms with Crippen molar-refractivity contribution in [3.8, 4) is 5.75 Å². The van der Waals surface area contributed by atoms with E-state index in [4.69, 9.17) is 0 Å². The average molecular weight is 351 g/mol. The molecule has 1 aromatic rings. The maximum atomic E-state index is 13.3. The molecule has 0 aliphatic heterocycles. The number of hydrogen-bond acceptors (Lipinski definition) is 6. The molecule has 0 unspecified atom stereocenters. The lowest BCUT2D eigenvalue weighted by Gasteiger charge is -2.15. The third kappa shape index (κ3) is 6.15. The zero-order valence-corrected chi connectivity index (χ0v) is 12.6. The van der Waals surface area contributed by atoms with Crippen molar-refractivity contribution in [3.05, 3.63) is 35.8 Å². The first-order valence-corrected chi connectivity index (χ1v) is 6.30. The summed E-state index contributed by atoms with van der Waals surface area (Å²) in [6.07, 6.45) is -3.91. The van der Waals surface area contributed by atoms with Crippen LogP contribution in [-0.2, 0) is 19.1 Å². The molecule has 0 saturated heterocycles. The largest absolute Gasteiger partial charge is 0.482 e. The number of carbonyl (C=O) groups is 2. The Kier molecular flexibility index (Phi) is 6.57. The zero-order chi connectivity index (χ0) is 18.3. The second kappa shape index (κ2) is 8.18. The summed E-state index contributed by atoms with van der Waals surface area (Å²) in [6, 6.07) is 2.61.